The van der Waals surface area contributed by atoms with Gasteiger partial charge in [-0.25, -0.2) is 0 Å². The summed E-state index contributed by atoms with van der Waals surface area (Å²) in [5, 5.41) is 15.8. The number of aliphatic hydroxyl groups is 1. The molecule has 1 aromatic carbocycles. The summed E-state index contributed by atoms with van der Waals surface area (Å²) >= 11 is 0. The Labute approximate surface area is 125 Å². The Morgan fingerprint density at radius 1 is 1.33 bits per heavy atom. The summed E-state index contributed by atoms with van der Waals surface area (Å²) in [6.07, 6.45) is 1.73. The number of benzene rings is 1. The van der Waals surface area contributed by atoms with Gasteiger partial charge in [-0.2, -0.15) is 0 Å². The number of rotatable bonds is 6. The number of hydrogen-bond donors (Lipinski definition) is 3. The summed E-state index contributed by atoms with van der Waals surface area (Å²) in [6.45, 7) is 3.42. The van der Waals surface area contributed by atoms with Crippen molar-refractivity contribution in [2.24, 2.45) is 0 Å². The van der Waals surface area contributed by atoms with Crippen molar-refractivity contribution in [1.82, 2.24) is 10.6 Å². The lowest BCUT2D eigenvalue weighted by molar-refractivity contribution is -0.122. The van der Waals surface area contributed by atoms with Gasteiger partial charge in [-0.15, -0.1) is 0 Å². The Morgan fingerprint density at radius 3 is 2.62 bits per heavy atom. The maximum absolute atomic E-state index is 12.0. The molecule has 21 heavy (non-hydrogen) atoms. The van der Waals surface area contributed by atoms with Gasteiger partial charge in [0.15, 0.2) is 0 Å². The number of aliphatic hydroxyl groups excluding tert-OH is 1. The van der Waals surface area contributed by atoms with E-state index in [9.17, 15) is 9.90 Å². The van der Waals surface area contributed by atoms with Crippen LogP contribution in [0.5, 0.6) is 0 Å². The Morgan fingerprint density at radius 2 is 2.00 bits per heavy atom. The van der Waals surface area contributed by atoms with Gasteiger partial charge in [0.1, 0.15) is 0 Å². The van der Waals surface area contributed by atoms with Crippen LogP contribution < -0.4 is 10.6 Å². The van der Waals surface area contributed by atoms with E-state index in [0.29, 0.717) is 13.2 Å². The highest BCUT2D eigenvalue weighted by Crippen LogP contribution is 2.19. The zero-order valence-corrected chi connectivity index (χ0v) is 12.5. The van der Waals surface area contributed by atoms with E-state index in [2.05, 4.69) is 10.6 Å². The Balaban J connectivity index is 1.86. The van der Waals surface area contributed by atoms with E-state index in [1.165, 1.54) is 0 Å². The fourth-order valence-corrected chi connectivity index (χ4v) is 2.45. The van der Waals surface area contributed by atoms with Crippen LogP contribution in [0, 0.1) is 0 Å². The Kier molecular flexibility index (Phi) is 5.73. The lowest BCUT2D eigenvalue weighted by atomic mass is 9.93. The summed E-state index contributed by atoms with van der Waals surface area (Å²) < 4.78 is 5.27. The molecule has 1 unspecified atom stereocenters. The van der Waals surface area contributed by atoms with Crippen molar-refractivity contribution < 1.29 is 14.6 Å². The third kappa shape index (κ3) is 4.52. The third-order valence-corrected chi connectivity index (χ3v) is 3.95. The minimum Gasteiger partial charge on any atom is -0.394 e. The van der Waals surface area contributed by atoms with Crippen LogP contribution >= 0.6 is 0 Å². The molecule has 1 aliphatic heterocycles. The van der Waals surface area contributed by atoms with Crippen molar-refractivity contribution in [1.29, 1.82) is 0 Å². The molecule has 0 aromatic heterocycles. The molecule has 116 valence electrons. The highest BCUT2D eigenvalue weighted by atomic mass is 16.5. The van der Waals surface area contributed by atoms with Crippen molar-refractivity contribution in [3.05, 3.63) is 35.9 Å². The summed E-state index contributed by atoms with van der Waals surface area (Å²) in [5.74, 6) is -0.0440. The molecule has 5 nitrogen and oxygen atoms in total. The number of carbonyl (C=O) groups excluding carboxylic acids is 1. The molecule has 1 saturated heterocycles. The topological polar surface area (TPSA) is 70.6 Å². The van der Waals surface area contributed by atoms with Gasteiger partial charge in [-0.05, 0) is 25.3 Å². The van der Waals surface area contributed by atoms with E-state index in [1.54, 1.807) is 0 Å². The zero-order chi connectivity index (χ0) is 15.1. The lowest BCUT2D eigenvalue weighted by Crippen LogP contribution is -2.49. The molecule has 1 heterocycles. The SMILES string of the molecule is CC(CO)(NCC(=O)NC1CCOCC1)c1ccccc1. The van der Waals surface area contributed by atoms with Crippen molar-refractivity contribution in [3.63, 3.8) is 0 Å². The molecule has 0 radical (unpaired) electrons. The van der Waals surface area contributed by atoms with Gasteiger partial charge in [0.05, 0.1) is 18.7 Å². The minimum atomic E-state index is -0.617. The first-order chi connectivity index (χ1) is 10.1. The molecule has 1 aliphatic rings. The molecule has 2 rings (SSSR count). The first-order valence-electron chi connectivity index (χ1n) is 7.42. The molecule has 3 N–H and O–H groups in total. The summed E-state index contributed by atoms with van der Waals surface area (Å²) in [6, 6.07) is 9.86. The van der Waals surface area contributed by atoms with Crippen molar-refractivity contribution in [2.75, 3.05) is 26.4 Å². The fraction of sp³-hybridized carbons (Fsp3) is 0.562. The smallest absolute Gasteiger partial charge is 0.234 e. The van der Waals surface area contributed by atoms with Crippen LogP contribution in [0.4, 0.5) is 0 Å². The van der Waals surface area contributed by atoms with Gasteiger partial charge in [0.2, 0.25) is 5.91 Å². The van der Waals surface area contributed by atoms with E-state index >= 15 is 0 Å². The van der Waals surface area contributed by atoms with Gasteiger partial charge >= 0.3 is 0 Å². The molecule has 5 heteroatoms. The predicted molar refractivity (Wildman–Crippen MR) is 80.9 cm³/mol. The van der Waals surface area contributed by atoms with Crippen LogP contribution in [-0.4, -0.2) is 43.4 Å². The molecular formula is C16H24N2O3. The third-order valence-electron chi connectivity index (χ3n) is 3.95. The second-order valence-electron chi connectivity index (χ2n) is 5.66. The number of carbonyl (C=O) groups is 1. The van der Waals surface area contributed by atoms with Crippen LogP contribution in [0.15, 0.2) is 30.3 Å². The summed E-state index contributed by atoms with van der Waals surface area (Å²) in [4.78, 5) is 12.0. The molecular weight excluding hydrogens is 268 g/mol. The monoisotopic (exact) mass is 292 g/mol. The van der Waals surface area contributed by atoms with Crippen LogP contribution in [0.1, 0.15) is 25.3 Å². The Hall–Kier alpha value is -1.43. The van der Waals surface area contributed by atoms with Gasteiger partial charge in [-0.3, -0.25) is 10.1 Å². The second kappa shape index (κ2) is 7.54. The molecule has 1 atom stereocenters. The quantitative estimate of drug-likeness (QED) is 0.724. The average Bonchev–Trinajstić information content (AvgIpc) is 2.54. The number of nitrogens with one attached hydrogen (secondary N) is 2. The standard InChI is InChI=1S/C16H24N2O3/c1-16(12-19,13-5-3-2-4-6-13)17-11-15(20)18-14-7-9-21-10-8-14/h2-6,14,17,19H,7-12H2,1H3,(H,18,20). The van der Waals surface area contributed by atoms with E-state index in [4.69, 9.17) is 4.74 Å². The van der Waals surface area contributed by atoms with E-state index < -0.39 is 5.54 Å². The van der Waals surface area contributed by atoms with Gasteiger partial charge in [0, 0.05) is 19.3 Å². The molecule has 0 aliphatic carbocycles. The zero-order valence-electron chi connectivity index (χ0n) is 12.5. The fourth-order valence-electron chi connectivity index (χ4n) is 2.45. The van der Waals surface area contributed by atoms with Crippen LogP contribution in [-0.2, 0) is 15.1 Å². The van der Waals surface area contributed by atoms with E-state index in [1.807, 2.05) is 37.3 Å². The minimum absolute atomic E-state index is 0.0440. The average molecular weight is 292 g/mol. The molecule has 1 fully saturated rings. The highest BCUT2D eigenvalue weighted by molar-refractivity contribution is 5.78. The maximum Gasteiger partial charge on any atom is 0.234 e. The number of amides is 1. The van der Waals surface area contributed by atoms with Crippen molar-refractivity contribution >= 4 is 5.91 Å². The van der Waals surface area contributed by atoms with Crippen LogP contribution in [0.2, 0.25) is 0 Å². The normalized spacial score (nSPS) is 19.0. The Bertz CT molecular complexity index is 446. The number of ether oxygens (including phenoxy) is 1. The van der Waals surface area contributed by atoms with Crippen molar-refractivity contribution in [3.8, 4) is 0 Å². The lowest BCUT2D eigenvalue weighted by Gasteiger charge is -2.30. The molecule has 0 saturated carbocycles. The van der Waals surface area contributed by atoms with Crippen LogP contribution in [0.3, 0.4) is 0 Å². The van der Waals surface area contributed by atoms with Crippen LogP contribution in [0.25, 0.3) is 0 Å². The van der Waals surface area contributed by atoms with Gasteiger partial charge < -0.3 is 15.2 Å². The second-order valence-corrected chi connectivity index (χ2v) is 5.66. The van der Waals surface area contributed by atoms with E-state index in [0.717, 1.165) is 18.4 Å². The van der Waals surface area contributed by atoms with E-state index in [-0.39, 0.29) is 25.1 Å². The number of hydrogen-bond acceptors (Lipinski definition) is 4. The first-order valence-corrected chi connectivity index (χ1v) is 7.42. The summed E-state index contributed by atoms with van der Waals surface area (Å²) in [5.41, 5.74) is 0.347. The van der Waals surface area contributed by atoms with Gasteiger partial charge in [-0.1, -0.05) is 30.3 Å². The molecule has 0 bridgehead atoms. The molecule has 1 aromatic rings. The first kappa shape index (κ1) is 15.9. The predicted octanol–water partition coefficient (Wildman–Crippen LogP) is 0.779. The van der Waals surface area contributed by atoms with Crippen molar-refractivity contribution in [2.45, 2.75) is 31.3 Å². The highest BCUT2D eigenvalue weighted by Gasteiger charge is 2.26. The molecule has 0 spiro atoms. The maximum atomic E-state index is 12.0. The largest absolute Gasteiger partial charge is 0.394 e. The van der Waals surface area contributed by atoms with Gasteiger partial charge in [0.25, 0.3) is 0 Å². The summed E-state index contributed by atoms with van der Waals surface area (Å²) in [7, 11) is 0. The molecule has 1 amide bonds.